The summed E-state index contributed by atoms with van der Waals surface area (Å²) >= 11 is 18.6. The highest BCUT2D eigenvalue weighted by molar-refractivity contribution is 6.36. The number of halogens is 3. The second kappa shape index (κ2) is 6.49. The highest BCUT2D eigenvalue weighted by atomic mass is 35.5. The standard InChI is InChI=1S/C19H13Cl3N2O/c20-12-3-1-2-10(6-12)15-7-11(8-17-18(15)19(25)24-23-17)14-5-4-13(21)9-16(14)22/h1-6,8-9,15,18H,7H2,(H,24,25). The Morgan fingerprint density at radius 2 is 1.84 bits per heavy atom. The maximum Gasteiger partial charge on any atom is 0.249 e. The Morgan fingerprint density at radius 1 is 1.04 bits per heavy atom. The summed E-state index contributed by atoms with van der Waals surface area (Å²) in [5.41, 5.74) is 6.25. The molecule has 126 valence electrons. The number of nitrogens with zero attached hydrogens (tertiary/aromatic N) is 1. The van der Waals surface area contributed by atoms with Gasteiger partial charge in [0.2, 0.25) is 5.91 Å². The summed E-state index contributed by atoms with van der Waals surface area (Å²) in [4.78, 5) is 12.3. The van der Waals surface area contributed by atoms with Gasteiger partial charge in [0.25, 0.3) is 0 Å². The Labute approximate surface area is 160 Å². The van der Waals surface area contributed by atoms with Crippen molar-refractivity contribution in [3.05, 3.63) is 74.7 Å². The summed E-state index contributed by atoms with van der Waals surface area (Å²) in [5, 5.41) is 6.02. The van der Waals surface area contributed by atoms with E-state index in [2.05, 4.69) is 10.5 Å². The van der Waals surface area contributed by atoms with Gasteiger partial charge in [-0.3, -0.25) is 4.79 Å². The van der Waals surface area contributed by atoms with Gasteiger partial charge in [0.1, 0.15) is 0 Å². The largest absolute Gasteiger partial charge is 0.272 e. The van der Waals surface area contributed by atoms with Gasteiger partial charge in [0.05, 0.1) is 11.6 Å². The molecule has 0 saturated carbocycles. The predicted octanol–water partition coefficient (Wildman–Crippen LogP) is 5.32. The number of rotatable bonds is 2. The first-order chi connectivity index (χ1) is 12.0. The van der Waals surface area contributed by atoms with Gasteiger partial charge in [-0.2, -0.15) is 5.10 Å². The molecule has 1 aliphatic heterocycles. The number of fused-ring (bicyclic) bond motifs is 1. The van der Waals surface area contributed by atoms with Crippen LogP contribution in [0.4, 0.5) is 0 Å². The lowest BCUT2D eigenvalue weighted by Crippen LogP contribution is -2.31. The topological polar surface area (TPSA) is 41.5 Å². The van der Waals surface area contributed by atoms with Crippen LogP contribution in [-0.4, -0.2) is 11.6 Å². The molecule has 6 heteroatoms. The summed E-state index contributed by atoms with van der Waals surface area (Å²) in [6.07, 6.45) is 2.61. The molecule has 0 saturated heterocycles. The number of carbonyl (C=O) groups is 1. The fourth-order valence-electron chi connectivity index (χ4n) is 3.48. The summed E-state index contributed by atoms with van der Waals surface area (Å²) < 4.78 is 0. The van der Waals surface area contributed by atoms with E-state index in [4.69, 9.17) is 34.8 Å². The molecule has 4 rings (SSSR count). The molecule has 0 bridgehead atoms. The maximum atomic E-state index is 12.3. The third-order valence-electron chi connectivity index (χ3n) is 4.61. The number of nitrogens with one attached hydrogen (secondary N) is 1. The third kappa shape index (κ3) is 3.08. The number of hydrogen-bond acceptors (Lipinski definition) is 2. The average molecular weight is 392 g/mol. The Hall–Kier alpha value is -1.81. The molecule has 2 atom stereocenters. The van der Waals surface area contributed by atoms with Crippen molar-refractivity contribution in [2.45, 2.75) is 12.3 Å². The molecule has 3 nitrogen and oxygen atoms in total. The van der Waals surface area contributed by atoms with Crippen molar-refractivity contribution in [1.29, 1.82) is 0 Å². The van der Waals surface area contributed by atoms with Crippen LogP contribution in [0.25, 0.3) is 5.57 Å². The zero-order valence-corrected chi connectivity index (χ0v) is 15.2. The van der Waals surface area contributed by atoms with Crippen molar-refractivity contribution in [2.24, 2.45) is 11.0 Å². The van der Waals surface area contributed by atoms with E-state index in [0.29, 0.717) is 21.5 Å². The molecule has 2 unspecified atom stereocenters. The van der Waals surface area contributed by atoms with Crippen LogP contribution in [0.3, 0.4) is 0 Å². The number of hydrogen-bond donors (Lipinski definition) is 1. The minimum absolute atomic E-state index is 0.0494. The van der Waals surface area contributed by atoms with Crippen molar-refractivity contribution >= 4 is 52.0 Å². The summed E-state index contributed by atoms with van der Waals surface area (Å²) in [6, 6.07) is 13.0. The van der Waals surface area contributed by atoms with Crippen LogP contribution in [0.2, 0.25) is 15.1 Å². The van der Waals surface area contributed by atoms with E-state index < -0.39 is 0 Å². The molecule has 0 spiro atoms. The molecule has 1 aliphatic carbocycles. The number of benzene rings is 2. The zero-order chi connectivity index (χ0) is 17.6. The van der Waals surface area contributed by atoms with Crippen LogP contribution in [0.15, 0.2) is 53.6 Å². The van der Waals surface area contributed by atoms with E-state index in [0.717, 1.165) is 22.4 Å². The summed E-state index contributed by atoms with van der Waals surface area (Å²) in [5.74, 6) is -0.447. The quantitative estimate of drug-likeness (QED) is 0.739. The predicted molar refractivity (Wildman–Crippen MR) is 102 cm³/mol. The zero-order valence-electron chi connectivity index (χ0n) is 13.0. The second-order valence-electron chi connectivity index (χ2n) is 6.15. The van der Waals surface area contributed by atoms with Gasteiger partial charge in [-0.05, 0) is 53.5 Å². The van der Waals surface area contributed by atoms with Crippen molar-refractivity contribution in [3.8, 4) is 0 Å². The van der Waals surface area contributed by atoms with Crippen molar-refractivity contribution < 1.29 is 4.79 Å². The first-order valence-corrected chi connectivity index (χ1v) is 8.95. The molecule has 2 aromatic rings. The minimum atomic E-state index is -0.312. The minimum Gasteiger partial charge on any atom is -0.272 e. The van der Waals surface area contributed by atoms with Crippen LogP contribution in [-0.2, 0) is 4.79 Å². The van der Waals surface area contributed by atoms with Crippen molar-refractivity contribution in [3.63, 3.8) is 0 Å². The lowest BCUT2D eigenvalue weighted by molar-refractivity contribution is -0.122. The van der Waals surface area contributed by atoms with E-state index in [-0.39, 0.29) is 17.7 Å². The Balaban J connectivity index is 1.80. The van der Waals surface area contributed by atoms with Gasteiger partial charge < -0.3 is 0 Å². The first kappa shape index (κ1) is 16.6. The highest BCUT2D eigenvalue weighted by Gasteiger charge is 2.40. The lowest BCUT2D eigenvalue weighted by Gasteiger charge is -2.28. The monoisotopic (exact) mass is 390 g/mol. The highest BCUT2D eigenvalue weighted by Crippen LogP contribution is 2.43. The number of allylic oxidation sites excluding steroid dienone is 2. The third-order valence-corrected chi connectivity index (χ3v) is 5.40. The van der Waals surface area contributed by atoms with Crippen LogP contribution in [0.5, 0.6) is 0 Å². The molecular weight excluding hydrogens is 379 g/mol. The maximum absolute atomic E-state index is 12.3. The molecule has 1 heterocycles. The fraction of sp³-hybridized carbons (Fsp3) is 0.158. The Kier molecular flexibility index (Phi) is 4.32. The Bertz CT molecular complexity index is 936. The summed E-state index contributed by atoms with van der Waals surface area (Å²) in [6.45, 7) is 0. The van der Waals surface area contributed by atoms with Gasteiger partial charge in [-0.25, -0.2) is 5.43 Å². The van der Waals surface area contributed by atoms with E-state index >= 15 is 0 Å². The molecular formula is C19H13Cl3N2O. The van der Waals surface area contributed by atoms with E-state index in [1.807, 2.05) is 42.5 Å². The molecule has 2 aliphatic rings. The van der Waals surface area contributed by atoms with E-state index in [9.17, 15) is 4.79 Å². The second-order valence-corrected chi connectivity index (χ2v) is 7.43. The average Bonchev–Trinajstić information content (AvgIpc) is 2.95. The normalized spacial score (nSPS) is 22.1. The Morgan fingerprint density at radius 3 is 2.60 bits per heavy atom. The molecule has 0 aromatic heterocycles. The number of amides is 1. The van der Waals surface area contributed by atoms with Crippen LogP contribution in [0, 0.1) is 5.92 Å². The number of carbonyl (C=O) groups excluding carboxylic acids is 1. The van der Waals surface area contributed by atoms with Crippen molar-refractivity contribution in [2.75, 3.05) is 0 Å². The van der Waals surface area contributed by atoms with Crippen molar-refractivity contribution in [1.82, 2.24) is 5.43 Å². The number of hydrazone groups is 1. The smallest absolute Gasteiger partial charge is 0.249 e. The van der Waals surface area contributed by atoms with Crippen LogP contribution < -0.4 is 5.43 Å². The molecule has 2 aromatic carbocycles. The molecule has 1 N–H and O–H groups in total. The molecule has 1 amide bonds. The molecule has 0 fully saturated rings. The first-order valence-electron chi connectivity index (χ1n) is 7.82. The van der Waals surface area contributed by atoms with Gasteiger partial charge in [-0.1, -0.05) is 53.0 Å². The molecule has 25 heavy (non-hydrogen) atoms. The SMILES string of the molecule is O=C1NN=C2C=C(c3ccc(Cl)cc3Cl)CC(c3cccc(Cl)c3)C12. The van der Waals surface area contributed by atoms with Crippen LogP contribution in [0.1, 0.15) is 23.5 Å². The fourth-order valence-corrected chi connectivity index (χ4v) is 4.21. The van der Waals surface area contributed by atoms with E-state index in [1.165, 1.54) is 0 Å². The lowest BCUT2D eigenvalue weighted by atomic mass is 9.73. The summed E-state index contributed by atoms with van der Waals surface area (Å²) in [7, 11) is 0. The van der Waals surface area contributed by atoms with Gasteiger partial charge >= 0.3 is 0 Å². The van der Waals surface area contributed by atoms with Gasteiger partial charge in [-0.15, -0.1) is 0 Å². The molecule has 0 radical (unpaired) electrons. The van der Waals surface area contributed by atoms with Gasteiger partial charge in [0, 0.05) is 21.0 Å². The van der Waals surface area contributed by atoms with Crippen LogP contribution >= 0.6 is 34.8 Å². The van der Waals surface area contributed by atoms with E-state index in [1.54, 1.807) is 6.07 Å². The van der Waals surface area contributed by atoms with Gasteiger partial charge in [0.15, 0.2) is 0 Å².